The van der Waals surface area contributed by atoms with E-state index < -0.39 is 39.3 Å². The number of alkyl halides is 3. The number of anilines is 1. The van der Waals surface area contributed by atoms with Crippen LogP contribution in [-0.4, -0.2) is 52.4 Å². The number of rotatable bonds is 7. The van der Waals surface area contributed by atoms with Crippen molar-refractivity contribution in [2.75, 3.05) is 32.3 Å². The highest BCUT2D eigenvalue weighted by Gasteiger charge is 2.35. The normalized spacial score (nSPS) is 12.0. The van der Waals surface area contributed by atoms with Crippen LogP contribution in [0.1, 0.15) is 21.6 Å². The van der Waals surface area contributed by atoms with Gasteiger partial charge in [0.15, 0.2) is 5.69 Å². The lowest BCUT2D eigenvalue weighted by atomic mass is 10.1. The Kier molecular flexibility index (Phi) is 7.53. The molecule has 1 heterocycles. The van der Waals surface area contributed by atoms with E-state index >= 15 is 0 Å². The van der Waals surface area contributed by atoms with Crippen LogP contribution < -0.4 is 4.31 Å². The first-order valence-corrected chi connectivity index (χ1v) is 10.3. The van der Waals surface area contributed by atoms with Gasteiger partial charge in [-0.05, 0) is 36.8 Å². The molecule has 0 saturated carbocycles. The van der Waals surface area contributed by atoms with Crippen LogP contribution in [-0.2, 0) is 25.8 Å². The van der Waals surface area contributed by atoms with Crippen LogP contribution in [0.15, 0.2) is 35.4 Å². The van der Waals surface area contributed by atoms with Crippen molar-refractivity contribution in [1.82, 2.24) is 10.0 Å². The molecule has 0 spiro atoms. The number of aryl methyl sites for hydroxylation is 1. The summed E-state index contributed by atoms with van der Waals surface area (Å²) in [6.45, 7) is 0.663. The fourth-order valence-electron chi connectivity index (χ4n) is 2.64. The van der Waals surface area contributed by atoms with E-state index in [0.717, 1.165) is 23.4 Å². The molecule has 2 aromatic rings. The summed E-state index contributed by atoms with van der Waals surface area (Å²) < 4.78 is 71.4. The molecule has 31 heavy (non-hydrogen) atoms. The largest absolute Gasteiger partial charge is 0.416 e. The van der Waals surface area contributed by atoms with Crippen molar-refractivity contribution < 1.29 is 36.0 Å². The first-order chi connectivity index (χ1) is 14.3. The van der Waals surface area contributed by atoms with E-state index in [2.05, 4.69) is 4.98 Å². The Balaban J connectivity index is 2.69. The number of hydrogen-bond acceptors (Lipinski definition) is 6. The second-order valence-corrected chi connectivity index (χ2v) is 8.52. The van der Waals surface area contributed by atoms with Crippen molar-refractivity contribution in [3.05, 3.63) is 52.3 Å². The zero-order valence-corrected chi connectivity index (χ0v) is 18.5. The van der Waals surface area contributed by atoms with Gasteiger partial charge in [0.05, 0.1) is 28.3 Å². The lowest BCUT2D eigenvalue weighted by Gasteiger charge is -2.26. The van der Waals surface area contributed by atoms with E-state index in [9.17, 15) is 26.4 Å². The number of amides is 1. The minimum Gasteiger partial charge on any atom is -0.363 e. The van der Waals surface area contributed by atoms with Gasteiger partial charge >= 0.3 is 6.18 Å². The maximum Gasteiger partial charge on any atom is 0.416 e. The summed E-state index contributed by atoms with van der Waals surface area (Å²) in [6, 6.07) is 3.41. The second-order valence-electron chi connectivity index (χ2n) is 6.26. The number of hydrogen-bond donors (Lipinski definition) is 0. The van der Waals surface area contributed by atoms with Gasteiger partial charge in [-0.2, -0.15) is 13.2 Å². The molecule has 0 radical (unpaired) electrons. The lowest BCUT2D eigenvalue weighted by molar-refractivity contribution is -0.137. The third kappa shape index (κ3) is 5.26. The molecular formula is C18H19ClF3N3O5S. The fourth-order valence-corrected chi connectivity index (χ4v) is 4.37. The van der Waals surface area contributed by atoms with Crippen molar-refractivity contribution in [1.29, 1.82) is 0 Å². The molecule has 0 unspecified atom stereocenters. The van der Waals surface area contributed by atoms with E-state index in [1.165, 1.54) is 34.3 Å². The molecule has 0 N–H and O–H groups in total. The zero-order chi connectivity index (χ0) is 23.6. The molecule has 1 amide bonds. The van der Waals surface area contributed by atoms with Crippen LogP contribution in [0.25, 0.3) is 0 Å². The number of aromatic nitrogens is 1. The van der Waals surface area contributed by atoms with E-state index in [-0.39, 0.29) is 22.0 Å². The van der Waals surface area contributed by atoms with Crippen LogP contribution >= 0.6 is 11.6 Å². The highest BCUT2D eigenvalue weighted by molar-refractivity contribution is 7.92. The first-order valence-electron chi connectivity index (χ1n) is 8.51. The quantitative estimate of drug-likeness (QED) is 0.444. The number of hydroxylamine groups is 2. The number of carbonyl (C=O) groups excluding carboxylic acids is 1. The highest BCUT2D eigenvalue weighted by atomic mass is 35.5. The van der Waals surface area contributed by atoms with E-state index in [1.54, 1.807) is 0 Å². The van der Waals surface area contributed by atoms with Crippen molar-refractivity contribution >= 4 is 33.2 Å². The topological polar surface area (TPSA) is 89.0 Å². The molecule has 0 atom stereocenters. The summed E-state index contributed by atoms with van der Waals surface area (Å²) in [5.41, 5.74) is -1.70. The Labute approximate surface area is 182 Å². The molecule has 1 aromatic heterocycles. The monoisotopic (exact) mass is 481 g/mol. The molecule has 0 fully saturated rings. The van der Waals surface area contributed by atoms with Gasteiger partial charge in [-0.25, -0.2) is 22.8 Å². The molecular weight excluding hydrogens is 463 g/mol. The fraction of sp³-hybridized carbons (Fsp3) is 0.333. The number of pyridine rings is 1. The minimum atomic E-state index is -4.64. The van der Waals surface area contributed by atoms with Gasteiger partial charge in [-0.3, -0.25) is 9.63 Å². The van der Waals surface area contributed by atoms with Crippen molar-refractivity contribution in [3.63, 3.8) is 0 Å². The standard InChI is InChI=1S/C18H19ClF3N3O5S/c1-11-7-12(18(20,21)22)5-6-15(11)31(27,28)25(10-29-3)14-8-13(19)9-23-16(14)17(26)24(2)30-4/h5-9H,10H2,1-4H3. The summed E-state index contributed by atoms with van der Waals surface area (Å²) in [6.07, 6.45) is -3.50. The van der Waals surface area contributed by atoms with Crippen molar-refractivity contribution in [3.8, 4) is 0 Å². The van der Waals surface area contributed by atoms with Crippen LogP contribution in [0.3, 0.4) is 0 Å². The third-order valence-electron chi connectivity index (χ3n) is 4.18. The second kappa shape index (κ2) is 9.39. The molecule has 0 aliphatic carbocycles. The molecule has 0 aliphatic rings. The van der Waals surface area contributed by atoms with Gasteiger partial charge in [-0.1, -0.05) is 11.6 Å². The van der Waals surface area contributed by atoms with Gasteiger partial charge in [0.2, 0.25) is 0 Å². The molecule has 0 bridgehead atoms. The average Bonchev–Trinajstić information content (AvgIpc) is 2.69. The lowest BCUT2D eigenvalue weighted by Crippen LogP contribution is -2.36. The molecule has 1 aromatic carbocycles. The number of ether oxygens (including phenoxy) is 1. The molecule has 0 saturated heterocycles. The van der Waals surface area contributed by atoms with Crippen LogP contribution in [0.2, 0.25) is 5.02 Å². The number of nitrogens with zero attached hydrogens (tertiary/aromatic N) is 3. The Morgan fingerprint density at radius 2 is 1.87 bits per heavy atom. The smallest absolute Gasteiger partial charge is 0.363 e. The maximum atomic E-state index is 13.4. The Morgan fingerprint density at radius 1 is 1.23 bits per heavy atom. The van der Waals surface area contributed by atoms with Gasteiger partial charge in [0.1, 0.15) is 6.73 Å². The van der Waals surface area contributed by atoms with Gasteiger partial charge in [-0.15, -0.1) is 0 Å². The first kappa shape index (κ1) is 24.9. The summed E-state index contributed by atoms with van der Waals surface area (Å²) >= 11 is 5.97. The number of carbonyl (C=O) groups is 1. The Morgan fingerprint density at radius 3 is 2.39 bits per heavy atom. The predicted octanol–water partition coefficient (Wildman–Crippen LogP) is 3.49. The third-order valence-corrected chi connectivity index (χ3v) is 6.28. The Bertz CT molecular complexity index is 1080. The average molecular weight is 482 g/mol. The van der Waals surface area contributed by atoms with Crippen LogP contribution in [0.4, 0.5) is 18.9 Å². The predicted molar refractivity (Wildman–Crippen MR) is 106 cm³/mol. The van der Waals surface area contributed by atoms with Gasteiger partial charge in [0, 0.05) is 20.4 Å². The Hall–Kier alpha value is -2.41. The van der Waals surface area contributed by atoms with E-state index in [1.807, 2.05) is 0 Å². The van der Waals surface area contributed by atoms with Gasteiger partial charge in [0.25, 0.3) is 15.9 Å². The summed E-state index contributed by atoms with van der Waals surface area (Å²) in [7, 11) is -0.758. The molecule has 170 valence electrons. The number of halogens is 4. The van der Waals surface area contributed by atoms with Crippen LogP contribution in [0.5, 0.6) is 0 Å². The maximum absolute atomic E-state index is 13.4. The van der Waals surface area contributed by atoms with Crippen molar-refractivity contribution in [2.24, 2.45) is 0 Å². The summed E-state index contributed by atoms with van der Waals surface area (Å²) in [4.78, 5) is 20.9. The highest BCUT2D eigenvalue weighted by Crippen LogP contribution is 2.34. The molecule has 13 heteroatoms. The van der Waals surface area contributed by atoms with Crippen molar-refractivity contribution in [2.45, 2.75) is 18.0 Å². The number of sulfonamides is 1. The van der Waals surface area contributed by atoms with E-state index in [4.69, 9.17) is 21.2 Å². The number of methoxy groups -OCH3 is 1. The minimum absolute atomic E-state index is 0.0204. The molecule has 2 rings (SSSR count). The van der Waals surface area contributed by atoms with Gasteiger partial charge < -0.3 is 4.74 Å². The summed E-state index contributed by atoms with van der Waals surface area (Å²) in [5.74, 6) is -0.783. The van der Waals surface area contributed by atoms with Crippen LogP contribution in [0, 0.1) is 6.92 Å². The zero-order valence-electron chi connectivity index (χ0n) is 16.9. The number of benzene rings is 1. The SMILES string of the molecule is COCN(c1cc(Cl)cnc1C(=O)N(C)OC)S(=O)(=O)c1ccc(C(F)(F)F)cc1C. The molecule has 8 nitrogen and oxygen atoms in total. The molecule has 0 aliphatic heterocycles. The summed E-state index contributed by atoms with van der Waals surface area (Å²) in [5, 5.41) is 0.841. The van der Waals surface area contributed by atoms with E-state index in [0.29, 0.717) is 10.4 Å².